The van der Waals surface area contributed by atoms with Crippen LogP contribution in [0.3, 0.4) is 0 Å². The first-order chi connectivity index (χ1) is 13.5. The standard InChI is InChI=1S/C19H20N6O3/c1-13-17(19(27)28)10-21-25(13)16-4-2-14(3-5-16)18(26)23-8-6-15(7-9-23)24-12-20-11-22-24/h2-5,10-12,15H,6-9H2,1H3,(H,27,28). The van der Waals surface area contributed by atoms with E-state index in [1.54, 1.807) is 42.2 Å². The molecule has 28 heavy (non-hydrogen) atoms. The van der Waals surface area contributed by atoms with Crippen LogP contribution in [0.1, 0.15) is 45.3 Å². The Bertz CT molecular complexity index is 985. The number of benzene rings is 1. The summed E-state index contributed by atoms with van der Waals surface area (Å²) in [6.45, 7) is 3.05. The molecule has 3 aromatic rings. The molecule has 1 saturated heterocycles. The molecule has 1 N–H and O–H groups in total. The second-order valence-corrected chi connectivity index (χ2v) is 6.81. The summed E-state index contributed by atoms with van der Waals surface area (Å²) in [5.74, 6) is -1.02. The van der Waals surface area contributed by atoms with Crippen LogP contribution in [0.4, 0.5) is 0 Å². The van der Waals surface area contributed by atoms with Crippen molar-refractivity contribution in [3.05, 3.63) is 59.9 Å². The third-order valence-electron chi connectivity index (χ3n) is 5.16. The van der Waals surface area contributed by atoms with Crippen LogP contribution in [-0.4, -0.2) is 59.5 Å². The highest BCUT2D eigenvalue weighted by molar-refractivity contribution is 5.94. The number of aromatic carboxylic acids is 1. The maximum absolute atomic E-state index is 12.8. The summed E-state index contributed by atoms with van der Waals surface area (Å²) >= 11 is 0. The molecule has 1 amide bonds. The first-order valence-corrected chi connectivity index (χ1v) is 9.06. The number of likely N-dealkylation sites (tertiary alicyclic amines) is 1. The number of amides is 1. The summed E-state index contributed by atoms with van der Waals surface area (Å²) in [4.78, 5) is 29.8. The van der Waals surface area contributed by atoms with Gasteiger partial charge in [0, 0.05) is 18.7 Å². The van der Waals surface area contributed by atoms with Gasteiger partial charge in [-0.3, -0.25) is 4.79 Å². The molecule has 0 saturated carbocycles. The highest BCUT2D eigenvalue weighted by atomic mass is 16.4. The van der Waals surface area contributed by atoms with Crippen molar-refractivity contribution < 1.29 is 14.7 Å². The van der Waals surface area contributed by atoms with E-state index >= 15 is 0 Å². The number of hydrogen-bond acceptors (Lipinski definition) is 5. The number of carboxylic acids is 1. The summed E-state index contributed by atoms with van der Waals surface area (Å²) in [5, 5.41) is 17.5. The maximum atomic E-state index is 12.8. The van der Waals surface area contributed by atoms with E-state index in [0.717, 1.165) is 12.8 Å². The summed E-state index contributed by atoms with van der Waals surface area (Å²) in [6.07, 6.45) is 6.26. The molecule has 0 atom stereocenters. The van der Waals surface area contributed by atoms with Crippen molar-refractivity contribution in [1.29, 1.82) is 0 Å². The third-order valence-corrected chi connectivity index (χ3v) is 5.16. The molecule has 2 aromatic heterocycles. The average molecular weight is 380 g/mol. The predicted octanol–water partition coefficient (Wildman–Crippen LogP) is 1.95. The smallest absolute Gasteiger partial charge is 0.339 e. The van der Waals surface area contributed by atoms with Gasteiger partial charge in [0.15, 0.2) is 0 Å². The summed E-state index contributed by atoms with van der Waals surface area (Å²) in [7, 11) is 0. The molecule has 144 valence electrons. The first-order valence-electron chi connectivity index (χ1n) is 9.06. The minimum Gasteiger partial charge on any atom is -0.478 e. The largest absolute Gasteiger partial charge is 0.478 e. The monoisotopic (exact) mass is 380 g/mol. The van der Waals surface area contributed by atoms with Crippen LogP contribution >= 0.6 is 0 Å². The minimum atomic E-state index is -1.01. The van der Waals surface area contributed by atoms with Gasteiger partial charge in [0.05, 0.1) is 23.6 Å². The van der Waals surface area contributed by atoms with Crippen molar-refractivity contribution in [2.75, 3.05) is 13.1 Å². The van der Waals surface area contributed by atoms with Crippen LogP contribution in [0.2, 0.25) is 0 Å². The Morgan fingerprint density at radius 3 is 2.39 bits per heavy atom. The molecule has 4 rings (SSSR count). The molecule has 9 heteroatoms. The normalized spacial score (nSPS) is 15.0. The van der Waals surface area contributed by atoms with Crippen LogP contribution in [0.5, 0.6) is 0 Å². The Hall–Kier alpha value is -3.49. The number of piperidine rings is 1. The van der Waals surface area contributed by atoms with Gasteiger partial charge in [0.1, 0.15) is 18.2 Å². The van der Waals surface area contributed by atoms with E-state index in [4.69, 9.17) is 5.11 Å². The van der Waals surface area contributed by atoms with Gasteiger partial charge in [-0.25, -0.2) is 19.1 Å². The van der Waals surface area contributed by atoms with Gasteiger partial charge < -0.3 is 10.0 Å². The number of hydrogen-bond donors (Lipinski definition) is 1. The average Bonchev–Trinajstić information content (AvgIpc) is 3.38. The fourth-order valence-corrected chi connectivity index (χ4v) is 3.55. The number of carboxylic acid groups (broad SMARTS) is 1. The second kappa shape index (κ2) is 7.26. The quantitative estimate of drug-likeness (QED) is 0.741. The Balaban J connectivity index is 1.44. The molecule has 1 aliphatic rings. The van der Waals surface area contributed by atoms with Gasteiger partial charge in [0.25, 0.3) is 5.91 Å². The van der Waals surface area contributed by atoms with E-state index in [1.165, 1.54) is 12.5 Å². The van der Waals surface area contributed by atoms with Gasteiger partial charge in [-0.05, 0) is 44.0 Å². The molecule has 9 nitrogen and oxygen atoms in total. The van der Waals surface area contributed by atoms with E-state index in [9.17, 15) is 9.59 Å². The number of nitrogens with zero attached hydrogens (tertiary/aromatic N) is 6. The Kier molecular flexibility index (Phi) is 4.64. The van der Waals surface area contributed by atoms with E-state index in [2.05, 4.69) is 15.2 Å². The summed E-state index contributed by atoms with van der Waals surface area (Å²) < 4.78 is 3.41. The second-order valence-electron chi connectivity index (χ2n) is 6.81. The Morgan fingerprint density at radius 2 is 1.82 bits per heavy atom. The Morgan fingerprint density at radius 1 is 1.11 bits per heavy atom. The van der Waals surface area contributed by atoms with Crippen molar-refractivity contribution in [2.24, 2.45) is 0 Å². The van der Waals surface area contributed by atoms with Gasteiger partial charge >= 0.3 is 5.97 Å². The molecule has 1 aliphatic heterocycles. The first kappa shape index (κ1) is 17.9. The fraction of sp³-hybridized carbons (Fsp3) is 0.316. The molecule has 1 fully saturated rings. The van der Waals surface area contributed by atoms with Crippen molar-refractivity contribution in [3.8, 4) is 5.69 Å². The van der Waals surface area contributed by atoms with Gasteiger partial charge in [-0.1, -0.05) is 0 Å². The number of carbonyl (C=O) groups excluding carboxylic acids is 1. The van der Waals surface area contributed by atoms with E-state index in [-0.39, 0.29) is 17.5 Å². The molecular weight excluding hydrogens is 360 g/mol. The molecule has 0 radical (unpaired) electrons. The lowest BCUT2D eigenvalue weighted by molar-refractivity contribution is 0.0683. The van der Waals surface area contributed by atoms with Crippen molar-refractivity contribution in [2.45, 2.75) is 25.8 Å². The van der Waals surface area contributed by atoms with Crippen LogP contribution in [-0.2, 0) is 0 Å². The van der Waals surface area contributed by atoms with Crippen LogP contribution in [0.25, 0.3) is 5.69 Å². The molecular formula is C19H20N6O3. The zero-order valence-corrected chi connectivity index (χ0v) is 15.4. The Labute approximate surface area is 161 Å². The lowest BCUT2D eigenvalue weighted by atomic mass is 10.0. The minimum absolute atomic E-state index is 0.00741. The van der Waals surface area contributed by atoms with Crippen LogP contribution < -0.4 is 0 Å². The van der Waals surface area contributed by atoms with E-state index in [1.807, 2.05) is 9.58 Å². The topological polar surface area (TPSA) is 106 Å². The van der Waals surface area contributed by atoms with Gasteiger partial charge in [-0.2, -0.15) is 10.2 Å². The highest BCUT2D eigenvalue weighted by Crippen LogP contribution is 2.23. The molecule has 0 bridgehead atoms. The van der Waals surface area contributed by atoms with Gasteiger partial charge in [0.2, 0.25) is 0 Å². The van der Waals surface area contributed by atoms with Crippen LogP contribution in [0, 0.1) is 6.92 Å². The predicted molar refractivity (Wildman–Crippen MR) is 99.5 cm³/mol. The molecule has 1 aromatic carbocycles. The summed E-state index contributed by atoms with van der Waals surface area (Å²) in [6, 6.07) is 7.34. The highest BCUT2D eigenvalue weighted by Gasteiger charge is 2.25. The third kappa shape index (κ3) is 3.26. The zero-order chi connectivity index (χ0) is 19.7. The summed E-state index contributed by atoms with van der Waals surface area (Å²) in [5.41, 5.74) is 2.02. The van der Waals surface area contributed by atoms with E-state index in [0.29, 0.717) is 30.0 Å². The lowest BCUT2D eigenvalue weighted by Gasteiger charge is -2.32. The van der Waals surface area contributed by atoms with Crippen LogP contribution in [0.15, 0.2) is 43.1 Å². The maximum Gasteiger partial charge on any atom is 0.339 e. The van der Waals surface area contributed by atoms with Crippen molar-refractivity contribution in [3.63, 3.8) is 0 Å². The number of rotatable bonds is 4. The van der Waals surface area contributed by atoms with Crippen molar-refractivity contribution in [1.82, 2.24) is 29.4 Å². The fourth-order valence-electron chi connectivity index (χ4n) is 3.55. The molecule has 0 aliphatic carbocycles. The number of aromatic nitrogens is 5. The zero-order valence-electron chi connectivity index (χ0n) is 15.4. The molecule has 0 unspecified atom stereocenters. The number of carbonyl (C=O) groups is 2. The lowest BCUT2D eigenvalue weighted by Crippen LogP contribution is -2.39. The molecule has 0 spiro atoms. The van der Waals surface area contributed by atoms with Crippen molar-refractivity contribution >= 4 is 11.9 Å². The molecule has 3 heterocycles. The SMILES string of the molecule is Cc1c(C(=O)O)cnn1-c1ccc(C(=O)N2CCC(n3cncn3)CC2)cc1. The van der Waals surface area contributed by atoms with E-state index < -0.39 is 5.97 Å². The van der Waals surface area contributed by atoms with Gasteiger partial charge in [-0.15, -0.1) is 0 Å².